The third-order valence-corrected chi connectivity index (χ3v) is 4.61. The van der Waals surface area contributed by atoms with Gasteiger partial charge in [-0.1, -0.05) is 42.8 Å². The Bertz CT molecular complexity index is 748. The predicted molar refractivity (Wildman–Crippen MR) is 92.5 cm³/mol. The van der Waals surface area contributed by atoms with Crippen LogP contribution in [0.15, 0.2) is 24.3 Å². The van der Waals surface area contributed by atoms with Gasteiger partial charge in [-0.3, -0.25) is 4.89 Å². The van der Waals surface area contributed by atoms with Gasteiger partial charge in [0.15, 0.2) is 0 Å². The van der Waals surface area contributed by atoms with E-state index in [-0.39, 0.29) is 7.43 Å². The van der Waals surface area contributed by atoms with Crippen LogP contribution < -0.4 is 9.05 Å². The zero-order chi connectivity index (χ0) is 16.1. The summed E-state index contributed by atoms with van der Waals surface area (Å²) in [6, 6.07) is 7.86. The Balaban J connectivity index is 0.00000192. The third-order valence-electron chi connectivity index (χ3n) is 3.79. The summed E-state index contributed by atoms with van der Waals surface area (Å²) in [5.74, 6) is 0.891. The summed E-state index contributed by atoms with van der Waals surface area (Å²) in [4.78, 5) is 10.1. The molecule has 4 nitrogen and oxygen atoms in total. The lowest BCUT2D eigenvalue weighted by Crippen LogP contribution is -2.10. The summed E-state index contributed by atoms with van der Waals surface area (Å²) in [6.45, 7) is 7.75. The first kappa shape index (κ1) is 17.6. The number of rotatable bonds is 0. The first-order valence-electron chi connectivity index (χ1n) is 7.17. The number of hydrogen-bond acceptors (Lipinski definition) is 3. The molecule has 3 rings (SSSR count). The molecule has 0 aliphatic carbocycles. The van der Waals surface area contributed by atoms with Gasteiger partial charge in [0.25, 0.3) is 0 Å². The smallest absolute Gasteiger partial charge is 0.395 e. The molecule has 5 heteroatoms. The molecule has 0 fully saturated rings. The normalized spacial score (nSPS) is 15.0. The van der Waals surface area contributed by atoms with Crippen LogP contribution in [0.25, 0.3) is 0 Å². The van der Waals surface area contributed by atoms with E-state index in [4.69, 9.17) is 9.05 Å². The van der Waals surface area contributed by atoms with E-state index in [1.807, 2.05) is 52.0 Å². The lowest BCUT2D eigenvalue weighted by Gasteiger charge is -2.24. The van der Waals surface area contributed by atoms with Crippen molar-refractivity contribution in [3.8, 4) is 11.5 Å². The lowest BCUT2D eigenvalue weighted by atomic mass is 9.96. The molecule has 2 aromatic rings. The molecule has 23 heavy (non-hydrogen) atoms. The molecule has 0 radical (unpaired) electrons. The number of phosphoric acid groups is 1. The predicted octanol–water partition coefficient (Wildman–Crippen LogP) is 5.02. The van der Waals surface area contributed by atoms with Crippen molar-refractivity contribution in [2.45, 2.75) is 41.5 Å². The van der Waals surface area contributed by atoms with Crippen molar-refractivity contribution in [2.75, 3.05) is 0 Å². The fourth-order valence-electron chi connectivity index (χ4n) is 3.06. The molecule has 0 saturated carbocycles. The van der Waals surface area contributed by atoms with E-state index >= 15 is 0 Å². The van der Waals surface area contributed by atoms with Crippen molar-refractivity contribution in [2.24, 2.45) is 0 Å². The molecule has 2 aromatic carbocycles. The Hall–Kier alpha value is -1.77. The van der Waals surface area contributed by atoms with Gasteiger partial charge in [-0.05, 0) is 49.9 Å². The summed E-state index contributed by atoms with van der Waals surface area (Å²) in [7, 11) is -4.21. The highest BCUT2D eigenvalue weighted by Crippen LogP contribution is 2.50. The Morgan fingerprint density at radius 2 is 1.26 bits per heavy atom. The minimum atomic E-state index is -4.21. The van der Waals surface area contributed by atoms with Gasteiger partial charge < -0.3 is 9.05 Å². The number of hydrogen-bond donors (Lipinski definition) is 1. The maximum atomic E-state index is 12.3. The van der Waals surface area contributed by atoms with Crippen LogP contribution >= 0.6 is 7.82 Å². The molecule has 0 spiro atoms. The van der Waals surface area contributed by atoms with Crippen LogP contribution in [-0.4, -0.2) is 4.89 Å². The fraction of sp³-hybridized carbons (Fsp3) is 0.333. The van der Waals surface area contributed by atoms with Crippen LogP contribution in [0.3, 0.4) is 0 Å². The average Bonchev–Trinajstić information content (AvgIpc) is 2.36. The zero-order valence-electron chi connectivity index (χ0n) is 13.1. The Kier molecular flexibility index (Phi) is 4.61. The van der Waals surface area contributed by atoms with Gasteiger partial charge in [-0.25, -0.2) is 4.57 Å². The molecule has 1 aliphatic rings. The summed E-state index contributed by atoms with van der Waals surface area (Å²) >= 11 is 0. The topological polar surface area (TPSA) is 55.8 Å². The minimum Gasteiger partial charge on any atom is -0.395 e. The monoisotopic (exact) mass is 334 g/mol. The summed E-state index contributed by atoms with van der Waals surface area (Å²) in [6.07, 6.45) is 0.607. The van der Waals surface area contributed by atoms with Crippen molar-refractivity contribution in [1.29, 1.82) is 0 Å². The van der Waals surface area contributed by atoms with Crippen LogP contribution in [0, 0.1) is 27.7 Å². The van der Waals surface area contributed by atoms with Crippen molar-refractivity contribution in [1.82, 2.24) is 0 Å². The summed E-state index contributed by atoms with van der Waals surface area (Å²) < 4.78 is 23.0. The largest absolute Gasteiger partial charge is 0.584 e. The van der Waals surface area contributed by atoms with E-state index in [9.17, 15) is 9.46 Å². The van der Waals surface area contributed by atoms with Crippen LogP contribution in [0.1, 0.15) is 40.8 Å². The van der Waals surface area contributed by atoms with Crippen LogP contribution in [0.4, 0.5) is 0 Å². The lowest BCUT2D eigenvalue weighted by molar-refractivity contribution is 0.285. The zero-order valence-corrected chi connectivity index (χ0v) is 14.0. The highest BCUT2D eigenvalue weighted by atomic mass is 31.2. The van der Waals surface area contributed by atoms with Crippen molar-refractivity contribution in [3.05, 3.63) is 57.6 Å². The first-order chi connectivity index (χ1) is 10.2. The van der Waals surface area contributed by atoms with E-state index in [0.717, 1.165) is 33.4 Å². The SMILES string of the molecule is C.Cc1cc(C)c2c(c1)Cc1cc(C)cc(C)c1OP(=O)(O)O2. The molecule has 124 valence electrons. The highest BCUT2D eigenvalue weighted by molar-refractivity contribution is 7.48. The van der Waals surface area contributed by atoms with E-state index in [2.05, 4.69) is 0 Å². The van der Waals surface area contributed by atoms with Crippen molar-refractivity contribution < 1.29 is 18.5 Å². The number of aryl methyl sites for hydroxylation is 4. The maximum absolute atomic E-state index is 12.3. The molecular formula is C18H23O4P. The molecule has 0 atom stereocenters. The first-order valence-corrected chi connectivity index (χ1v) is 8.67. The highest BCUT2D eigenvalue weighted by Gasteiger charge is 2.32. The van der Waals surface area contributed by atoms with E-state index in [1.165, 1.54) is 0 Å². The van der Waals surface area contributed by atoms with Crippen LogP contribution in [-0.2, 0) is 11.0 Å². The van der Waals surface area contributed by atoms with Gasteiger partial charge >= 0.3 is 7.82 Å². The Morgan fingerprint density at radius 1 is 0.870 bits per heavy atom. The Labute approximate surface area is 137 Å². The molecule has 0 amide bonds. The van der Waals surface area contributed by atoms with Gasteiger partial charge in [0.05, 0.1) is 0 Å². The van der Waals surface area contributed by atoms with Crippen LogP contribution in [0.5, 0.6) is 11.5 Å². The molecule has 1 heterocycles. The average molecular weight is 334 g/mol. The summed E-state index contributed by atoms with van der Waals surface area (Å²) in [5, 5.41) is 0. The second-order valence-electron chi connectivity index (χ2n) is 5.97. The Morgan fingerprint density at radius 3 is 1.65 bits per heavy atom. The van der Waals surface area contributed by atoms with Gasteiger partial charge in [0.1, 0.15) is 11.5 Å². The van der Waals surface area contributed by atoms with Gasteiger partial charge in [-0.2, -0.15) is 0 Å². The molecular weight excluding hydrogens is 311 g/mol. The van der Waals surface area contributed by atoms with Crippen molar-refractivity contribution >= 4 is 7.82 Å². The van der Waals surface area contributed by atoms with Crippen LogP contribution in [0.2, 0.25) is 0 Å². The molecule has 0 unspecified atom stereocenters. The van der Waals surface area contributed by atoms with E-state index in [1.54, 1.807) is 0 Å². The fourth-order valence-corrected chi connectivity index (χ4v) is 4.08. The molecule has 1 aliphatic heterocycles. The van der Waals surface area contributed by atoms with Gasteiger partial charge in [0.2, 0.25) is 0 Å². The van der Waals surface area contributed by atoms with E-state index < -0.39 is 7.82 Å². The minimum absolute atomic E-state index is 0. The van der Waals surface area contributed by atoms with Gasteiger partial charge in [-0.15, -0.1) is 0 Å². The van der Waals surface area contributed by atoms with Gasteiger partial charge in [0, 0.05) is 6.42 Å². The third kappa shape index (κ3) is 3.44. The molecule has 0 saturated heterocycles. The van der Waals surface area contributed by atoms with E-state index in [0.29, 0.717) is 17.9 Å². The number of benzene rings is 2. The number of phosphoric ester groups is 1. The van der Waals surface area contributed by atoms with Crippen molar-refractivity contribution in [3.63, 3.8) is 0 Å². The standard InChI is InChI=1S/C17H19O4P.CH4/c1-10-5-12(3)16-14(7-10)9-15-8-11(2)6-13(4)17(15)21-22(18,19)20-16;/h5-8H,9H2,1-4H3,(H,18,19);1H4. The maximum Gasteiger partial charge on any atom is 0.584 e. The second-order valence-corrected chi connectivity index (χ2v) is 7.27. The molecule has 1 N–H and O–H groups in total. The second kappa shape index (κ2) is 6.03. The molecule has 0 bridgehead atoms. The number of fused-ring (bicyclic) bond motifs is 2. The quantitative estimate of drug-likeness (QED) is 0.687. The molecule has 0 aromatic heterocycles. The summed E-state index contributed by atoms with van der Waals surface area (Å²) in [5.41, 5.74) is 5.67.